The summed E-state index contributed by atoms with van der Waals surface area (Å²) in [5.74, 6) is 1.72. The van der Waals surface area contributed by atoms with Crippen LogP contribution in [-0.4, -0.2) is 12.4 Å². The second-order valence-corrected chi connectivity index (χ2v) is 3.98. The fourth-order valence-corrected chi connectivity index (χ4v) is 2.12. The Bertz CT molecular complexity index is 357. The minimum Gasteiger partial charge on any atom is -0.494 e. The first-order valence-electron chi connectivity index (χ1n) is 5.54. The van der Waals surface area contributed by atoms with Crippen molar-refractivity contribution in [2.24, 2.45) is 0 Å². The minimum atomic E-state index is 0.391. The molecule has 80 valence electrons. The standard InChI is InChI=1S/C13H16O2/c1-2-15-13-5-3-4-10(9-13)11-6-7-12(14)8-11/h3-5,9,11H,2,6-8H2,1H3. The summed E-state index contributed by atoms with van der Waals surface area (Å²) in [5, 5.41) is 0. The van der Waals surface area contributed by atoms with E-state index in [1.807, 2.05) is 19.1 Å². The lowest BCUT2D eigenvalue weighted by atomic mass is 9.97. The molecular formula is C13H16O2. The Morgan fingerprint density at radius 3 is 3.00 bits per heavy atom. The van der Waals surface area contributed by atoms with Crippen LogP contribution in [0.25, 0.3) is 0 Å². The van der Waals surface area contributed by atoms with Gasteiger partial charge < -0.3 is 4.74 Å². The molecule has 1 aliphatic carbocycles. The van der Waals surface area contributed by atoms with Crippen LogP contribution in [0.3, 0.4) is 0 Å². The molecular weight excluding hydrogens is 188 g/mol. The predicted octanol–water partition coefficient (Wildman–Crippen LogP) is 2.92. The summed E-state index contributed by atoms with van der Waals surface area (Å²) >= 11 is 0. The molecule has 1 unspecified atom stereocenters. The van der Waals surface area contributed by atoms with Crippen LogP contribution >= 0.6 is 0 Å². The second kappa shape index (κ2) is 4.47. The monoisotopic (exact) mass is 204 g/mol. The lowest BCUT2D eigenvalue weighted by Crippen LogP contribution is -1.96. The van der Waals surface area contributed by atoms with Gasteiger partial charge in [-0.15, -0.1) is 0 Å². The van der Waals surface area contributed by atoms with Crippen LogP contribution < -0.4 is 4.74 Å². The molecule has 0 bridgehead atoms. The second-order valence-electron chi connectivity index (χ2n) is 3.98. The van der Waals surface area contributed by atoms with Crippen molar-refractivity contribution in [3.8, 4) is 5.75 Å². The van der Waals surface area contributed by atoms with Gasteiger partial charge in [0.15, 0.2) is 0 Å². The maximum atomic E-state index is 11.2. The third-order valence-corrected chi connectivity index (χ3v) is 2.89. The van der Waals surface area contributed by atoms with Crippen LogP contribution in [0.1, 0.15) is 37.7 Å². The van der Waals surface area contributed by atoms with Crippen LogP contribution in [0.4, 0.5) is 0 Å². The molecule has 0 heterocycles. The number of carbonyl (C=O) groups excluding carboxylic acids is 1. The Hall–Kier alpha value is -1.31. The zero-order valence-corrected chi connectivity index (χ0v) is 9.03. The summed E-state index contributed by atoms with van der Waals surface area (Å²) in [7, 11) is 0. The lowest BCUT2D eigenvalue weighted by molar-refractivity contribution is -0.117. The SMILES string of the molecule is CCOc1cccc(C2CCC(=O)C2)c1. The Labute approximate surface area is 90.3 Å². The van der Waals surface area contributed by atoms with E-state index in [1.165, 1.54) is 5.56 Å². The number of ketones is 1. The van der Waals surface area contributed by atoms with E-state index in [2.05, 4.69) is 12.1 Å². The van der Waals surface area contributed by atoms with E-state index in [4.69, 9.17) is 4.74 Å². The van der Waals surface area contributed by atoms with Crippen LogP contribution in [0.5, 0.6) is 5.75 Å². The Morgan fingerprint density at radius 2 is 2.33 bits per heavy atom. The highest BCUT2D eigenvalue weighted by molar-refractivity contribution is 5.81. The van der Waals surface area contributed by atoms with Crippen molar-refractivity contribution in [3.63, 3.8) is 0 Å². The smallest absolute Gasteiger partial charge is 0.133 e. The minimum absolute atomic E-state index is 0.391. The molecule has 2 heteroatoms. The van der Waals surface area contributed by atoms with Gasteiger partial charge in [-0.25, -0.2) is 0 Å². The van der Waals surface area contributed by atoms with Crippen molar-refractivity contribution in [2.75, 3.05) is 6.61 Å². The number of Topliss-reactive ketones (excluding diaryl/α,β-unsaturated/α-hetero) is 1. The van der Waals surface area contributed by atoms with E-state index < -0.39 is 0 Å². The molecule has 2 nitrogen and oxygen atoms in total. The Balaban J connectivity index is 2.14. The first-order valence-corrected chi connectivity index (χ1v) is 5.54. The molecule has 1 aromatic carbocycles. The highest BCUT2D eigenvalue weighted by atomic mass is 16.5. The van der Waals surface area contributed by atoms with Gasteiger partial charge in [0.1, 0.15) is 11.5 Å². The van der Waals surface area contributed by atoms with Crippen molar-refractivity contribution in [2.45, 2.75) is 32.1 Å². The number of rotatable bonds is 3. The van der Waals surface area contributed by atoms with Crippen molar-refractivity contribution in [3.05, 3.63) is 29.8 Å². The maximum absolute atomic E-state index is 11.2. The fraction of sp³-hybridized carbons (Fsp3) is 0.462. The van der Waals surface area contributed by atoms with Crippen LogP contribution in [0.15, 0.2) is 24.3 Å². The van der Waals surface area contributed by atoms with Crippen LogP contribution in [0, 0.1) is 0 Å². The van der Waals surface area contributed by atoms with E-state index in [0.29, 0.717) is 24.7 Å². The van der Waals surface area contributed by atoms with E-state index in [0.717, 1.165) is 18.6 Å². The number of hydrogen-bond donors (Lipinski definition) is 0. The van der Waals surface area contributed by atoms with Crippen molar-refractivity contribution >= 4 is 5.78 Å². The molecule has 0 saturated heterocycles. The average molecular weight is 204 g/mol. The maximum Gasteiger partial charge on any atom is 0.133 e. The third-order valence-electron chi connectivity index (χ3n) is 2.89. The molecule has 1 saturated carbocycles. The first kappa shape index (κ1) is 10.2. The molecule has 15 heavy (non-hydrogen) atoms. The highest BCUT2D eigenvalue weighted by Gasteiger charge is 2.23. The molecule has 1 atom stereocenters. The van der Waals surface area contributed by atoms with E-state index >= 15 is 0 Å². The van der Waals surface area contributed by atoms with Gasteiger partial charge in [-0.05, 0) is 37.0 Å². The van der Waals surface area contributed by atoms with Crippen LogP contribution in [0.2, 0.25) is 0 Å². The molecule has 2 rings (SSSR count). The van der Waals surface area contributed by atoms with Gasteiger partial charge in [-0.2, -0.15) is 0 Å². The zero-order chi connectivity index (χ0) is 10.7. The van der Waals surface area contributed by atoms with Gasteiger partial charge in [-0.1, -0.05) is 12.1 Å². The van der Waals surface area contributed by atoms with E-state index in [-0.39, 0.29) is 0 Å². The number of hydrogen-bond acceptors (Lipinski definition) is 2. The largest absolute Gasteiger partial charge is 0.494 e. The topological polar surface area (TPSA) is 26.3 Å². The normalized spacial score (nSPS) is 20.6. The predicted molar refractivity (Wildman–Crippen MR) is 59.2 cm³/mol. The molecule has 0 N–H and O–H groups in total. The van der Waals surface area contributed by atoms with Crippen molar-refractivity contribution in [1.82, 2.24) is 0 Å². The Kier molecular flexibility index (Phi) is 3.05. The molecule has 0 aromatic heterocycles. The molecule has 1 aromatic rings. The van der Waals surface area contributed by atoms with Crippen LogP contribution in [-0.2, 0) is 4.79 Å². The van der Waals surface area contributed by atoms with Gasteiger partial charge in [0.25, 0.3) is 0 Å². The van der Waals surface area contributed by atoms with Gasteiger partial charge in [0, 0.05) is 12.8 Å². The van der Waals surface area contributed by atoms with Crippen molar-refractivity contribution in [1.29, 1.82) is 0 Å². The molecule has 0 amide bonds. The van der Waals surface area contributed by atoms with E-state index in [9.17, 15) is 4.79 Å². The van der Waals surface area contributed by atoms with Gasteiger partial charge in [-0.3, -0.25) is 4.79 Å². The number of ether oxygens (including phenoxy) is 1. The number of benzene rings is 1. The summed E-state index contributed by atoms with van der Waals surface area (Å²) in [5.41, 5.74) is 1.24. The molecule has 1 fully saturated rings. The first-order chi connectivity index (χ1) is 7.29. The van der Waals surface area contributed by atoms with Gasteiger partial charge in [0.05, 0.1) is 6.61 Å². The van der Waals surface area contributed by atoms with E-state index in [1.54, 1.807) is 0 Å². The van der Waals surface area contributed by atoms with Crippen molar-refractivity contribution < 1.29 is 9.53 Å². The molecule has 0 radical (unpaired) electrons. The molecule has 1 aliphatic rings. The third kappa shape index (κ3) is 2.38. The molecule has 0 spiro atoms. The molecule has 0 aliphatic heterocycles. The fourth-order valence-electron chi connectivity index (χ4n) is 2.12. The summed E-state index contributed by atoms with van der Waals surface area (Å²) in [6.45, 7) is 2.67. The lowest BCUT2D eigenvalue weighted by Gasteiger charge is -2.10. The Morgan fingerprint density at radius 1 is 1.47 bits per heavy atom. The number of carbonyl (C=O) groups is 1. The highest BCUT2D eigenvalue weighted by Crippen LogP contribution is 2.33. The summed E-state index contributed by atoms with van der Waals surface area (Å²) in [6.07, 6.45) is 2.44. The van der Waals surface area contributed by atoms with Gasteiger partial charge >= 0.3 is 0 Å². The summed E-state index contributed by atoms with van der Waals surface area (Å²) in [4.78, 5) is 11.2. The summed E-state index contributed by atoms with van der Waals surface area (Å²) in [6, 6.07) is 8.12. The average Bonchev–Trinajstić information content (AvgIpc) is 2.66. The summed E-state index contributed by atoms with van der Waals surface area (Å²) < 4.78 is 5.45. The zero-order valence-electron chi connectivity index (χ0n) is 9.03. The quantitative estimate of drug-likeness (QED) is 0.756. The van der Waals surface area contributed by atoms with Gasteiger partial charge in [0.2, 0.25) is 0 Å².